The maximum Gasteiger partial charge on any atom is 0.134 e. The third kappa shape index (κ3) is 2.89. The standard InChI is InChI=1S/C16H26N4/c1-2-9-17-15-11-16(19-12-18-15)20-10-5-7-13-6-3-4-8-14(13)20/h11-14H,2-10H2,1H3,(H,17,18,19). The maximum absolute atomic E-state index is 4.54. The topological polar surface area (TPSA) is 41.0 Å². The number of nitrogens with zero attached hydrogens (tertiary/aromatic N) is 3. The van der Waals surface area contributed by atoms with Gasteiger partial charge in [-0.1, -0.05) is 19.8 Å². The van der Waals surface area contributed by atoms with Crippen molar-refractivity contribution in [1.82, 2.24) is 9.97 Å². The number of fused-ring (bicyclic) bond motifs is 1. The fourth-order valence-corrected chi connectivity index (χ4v) is 3.76. The highest BCUT2D eigenvalue weighted by Crippen LogP contribution is 2.37. The first-order valence-electron chi connectivity index (χ1n) is 8.21. The zero-order valence-corrected chi connectivity index (χ0v) is 12.5. The summed E-state index contributed by atoms with van der Waals surface area (Å²) in [5.74, 6) is 2.98. The van der Waals surface area contributed by atoms with Crippen LogP contribution in [0.25, 0.3) is 0 Å². The zero-order chi connectivity index (χ0) is 13.8. The van der Waals surface area contributed by atoms with E-state index in [1.165, 1.54) is 38.5 Å². The van der Waals surface area contributed by atoms with Crippen molar-refractivity contribution >= 4 is 11.6 Å². The first-order chi connectivity index (χ1) is 9.88. The highest BCUT2D eigenvalue weighted by atomic mass is 15.2. The minimum atomic E-state index is 0.714. The summed E-state index contributed by atoms with van der Waals surface area (Å²) in [6.07, 6.45) is 11.1. The zero-order valence-electron chi connectivity index (χ0n) is 12.5. The van der Waals surface area contributed by atoms with Crippen LogP contribution in [0.15, 0.2) is 12.4 Å². The highest BCUT2D eigenvalue weighted by Gasteiger charge is 2.33. The molecule has 1 aromatic rings. The Hall–Kier alpha value is -1.32. The summed E-state index contributed by atoms with van der Waals surface area (Å²) in [5.41, 5.74) is 0. The Morgan fingerprint density at radius 3 is 2.95 bits per heavy atom. The van der Waals surface area contributed by atoms with Gasteiger partial charge in [0.2, 0.25) is 0 Å². The lowest BCUT2D eigenvalue weighted by molar-refractivity contribution is 0.242. The number of hydrogen-bond donors (Lipinski definition) is 1. The second-order valence-electron chi connectivity index (χ2n) is 6.14. The fraction of sp³-hybridized carbons (Fsp3) is 0.750. The number of aromatic nitrogens is 2. The predicted molar refractivity (Wildman–Crippen MR) is 83.1 cm³/mol. The van der Waals surface area contributed by atoms with E-state index in [0.29, 0.717) is 6.04 Å². The van der Waals surface area contributed by atoms with Crippen LogP contribution in [0.4, 0.5) is 11.6 Å². The van der Waals surface area contributed by atoms with E-state index in [4.69, 9.17) is 0 Å². The summed E-state index contributed by atoms with van der Waals surface area (Å²) in [6.45, 7) is 4.31. The molecular weight excluding hydrogens is 248 g/mol. The van der Waals surface area contributed by atoms with Crippen LogP contribution < -0.4 is 10.2 Å². The molecule has 1 aromatic heterocycles. The van der Waals surface area contributed by atoms with Gasteiger partial charge in [0, 0.05) is 25.2 Å². The summed E-state index contributed by atoms with van der Waals surface area (Å²) < 4.78 is 0. The molecule has 4 heteroatoms. The Balaban J connectivity index is 1.76. The lowest BCUT2D eigenvalue weighted by Crippen LogP contribution is -2.47. The van der Waals surface area contributed by atoms with E-state index in [1.54, 1.807) is 6.33 Å². The van der Waals surface area contributed by atoms with Crippen LogP contribution in [0.5, 0.6) is 0 Å². The molecule has 1 aliphatic heterocycles. The average molecular weight is 274 g/mol. The molecule has 4 nitrogen and oxygen atoms in total. The Morgan fingerprint density at radius 1 is 1.20 bits per heavy atom. The van der Waals surface area contributed by atoms with E-state index in [2.05, 4.69) is 33.2 Å². The minimum absolute atomic E-state index is 0.714. The average Bonchev–Trinajstić information content (AvgIpc) is 2.52. The van der Waals surface area contributed by atoms with Gasteiger partial charge >= 0.3 is 0 Å². The summed E-state index contributed by atoms with van der Waals surface area (Å²) in [4.78, 5) is 11.4. The molecule has 0 radical (unpaired) electrons. The van der Waals surface area contributed by atoms with Crippen LogP contribution in [-0.2, 0) is 0 Å². The molecular formula is C16H26N4. The third-order valence-electron chi connectivity index (χ3n) is 4.75. The van der Waals surface area contributed by atoms with Gasteiger partial charge in [0.1, 0.15) is 18.0 Å². The third-order valence-corrected chi connectivity index (χ3v) is 4.75. The van der Waals surface area contributed by atoms with Gasteiger partial charge in [-0.2, -0.15) is 0 Å². The van der Waals surface area contributed by atoms with E-state index in [-0.39, 0.29) is 0 Å². The molecule has 110 valence electrons. The van der Waals surface area contributed by atoms with Gasteiger partial charge in [0.15, 0.2) is 0 Å². The molecule has 2 unspecified atom stereocenters. The number of rotatable bonds is 4. The molecule has 0 spiro atoms. The van der Waals surface area contributed by atoms with Gasteiger partial charge in [0.05, 0.1) is 0 Å². The van der Waals surface area contributed by atoms with Crippen molar-refractivity contribution in [3.05, 3.63) is 12.4 Å². The molecule has 0 amide bonds. The SMILES string of the molecule is CCCNc1cc(N2CCCC3CCCCC32)ncn1. The molecule has 3 rings (SSSR count). The molecule has 1 saturated heterocycles. The van der Waals surface area contributed by atoms with Crippen LogP contribution >= 0.6 is 0 Å². The lowest BCUT2D eigenvalue weighted by Gasteiger charge is -2.44. The largest absolute Gasteiger partial charge is 0.370 e. The maximum atomic E-state index is 4.54. The van der Waals surface area contributed by atoms with E-state index >= 15 is 0 Å². The van der Waals surface area contributed by atoms with Crippen molar-refractivity contribution in [2.75, 3.05) is 23.3 Å². The van der Waals surface area contributed by atoms with Crippen molar-refractivity contribution in [3.8, 4) is 0 Å². The van der Waals surface area contributed by atoms with Crippen molar-refractivity contribution < 1.29 is 0 Å². The van der Waals surface area contributed by atoms with Crippen molar-refractivity contribution in [2.24, 2.45) is 5.92 Å². The quantitative estimate of drug-likeness (QED) is 0.913. The monoisotopic (exact) mass is 274 g/mol. The summed E-state index contributed by atoms with van der Waals surface area (Å²) in [5, 5.41) is 3.37. The van der Waals surface area contributed by atoms with Crippen molar-refractivity contribution in [2.45, 2.75) is 57.9 Å². The van der Waals surface area contributed by atoms with Crippen LogP contribution in [0, 0.1) is 5.92 Å². The highest BCUT2D eigenvalue weighted by molar-refractivity contribution is 5.49. The van der Waals surface area contributed by atoms with Crippen LogP contribution in [0.1, 0.15) is 51.9 Å². The summed E-state index contributed by atoms with van der Waals surface area (Å²) in [7, 11) is 0. The molecule has 0 aromatic carbocycles. The molecule has 2 aliphatic rings. The second kappa shape index (κ2) is 6.42. The van der Waals surface area contributed by atoms with E-state index in [1.807, 2.05) is 0 Å². The number of hydrogen-bond acceptors (Lipinski definition) is 4. The van der Waals surface area contributed by atoms with Gasteiger partial charge in [-0.3, -0.25) is 0 Å². The Bertz CT molecular complexity index is 432. The van der Waals surface area contributed by atoms with E-state index < -0.39 is 0 Å². The normalized spacial score (nSPS) is 26.1. The first-order valence-corrected chi connectivity index (χ1v) is 8.21. The van der Waals surface area contributed by atoms with Crippen LogP contribution in [0.2, 0.25) is 0 Å². The van der Waals surface area contributed by atoms with Gasteiger partial charge in [-0.25, -0.2) is 9.97 Å². The molecule has 2 fully saturated rings. The Labute approximate surface area is 122 Å². The van der Waals surface area contributed by atoms with E-state index in [9.17, 15) is 0 Å². The van der Waals surface area contributed by atoms with E-state index in [0.717, 1.165) is 37.1 Å². The molecule has 0 bridgehead atoms. The summed E-state index contributed by atoms with van der Waals surface area (Å²) >= 11 is 0. The lowest BCUT2D eigenvalue weighted by atomic mass is 9.78. The molecule has 1 saturated carbocycles. The van der Waals surface area contributed by atoms with Crippen molar-refractivity contribution in [3.63, 3.8) is 0 Å². The van der Waals surface area contributed by atoms with Crippen LogP contribution in [0.3, 0.4) is 0 Å². The summed E-state index contributed by atoms with van der Waals surface area (Å²) in [6, 6.07) is 2.85. The first kappa shape index (κ1) is 13.7. The number of nitrogens with one attached hydrogen (secondary N) is 1. The Morgan fingerprint density at radius 2 is 2.05 bits per heavy atom. The predicted octanol–water partition coefficient (Wildman–Crippen LogP) is 3.46. The number of anilines is 2. The molecule has 2 heterocycles. The molecule has 2 atom stereocenters. The van der Waals surface area contributed by atoms with Gasteiger partial charge in [-0.05, 0) is 38.0 Å². The van der Waals surface area contributed by atoms with Crippen molar-refractivity contribution in [1.29, 1.82) is 0 Å². The van der Waals surface area contributed by atoms with Gasteiger partial charge < -0.3 is 10.2 Å². The fourth-order valence-electron chi connectivity index (χ4n) is 3.76. The van der Waals surface area contributed by atoms with Gasteiger partial charge in [0.25, 0.3) is 0 Å². The number of piperidine rings is 1. The van der Waals surface area contributed by atoms with Gasteiger partial charge in [-0.15, -0.1) is 0 Å². The molecule has 1 aliphatic carbocycles. The molecule has 1 N–H and O–H groups in total. The Kier molecular flexibility index (Phi) is 4.38. The second-order valence-corrected chi connectivity index (χ2v) is 6.14. The smallest absolute Gasteiger partial charge is 0.134 e. The minimum Gasteiger partial charge on any atom is -0.370 e. The van der Waals surface area contributed by atoms with Crippen LogP contribution in [-0.4, -0.2) is 29.1 Å². The molecule has 20 heavy (non-hydrogen) atoms.